The Labute approximate surface area is 157 Å². The minimum Gasteiger partial charge on any atom is -0.345 e. The molecular weight excluding hydrogens is 376 g/mol. The third kappa shape index (κ3) is 3.62. The molecule has 2 aromatic rings. The predicted molar refractivity (Wildman–Crippen MR) is 103 cm³/mol. The maximum atomic E-state index is 12.9. The van der Waals surface area contributed by atoms with Crippen molar-refractivity contribution in [2.45, 2.75) is 45.6 Å². The van der Waals surface area contributed by atoms with Crippen LogP contribution in [0.1, 0.15) is 59.0 Å². The summed E-state index contributed by atoms with van der Waals surface area (Å²) < 4.78 is 3.25. The molecule has 4 heteroatoms. The highest BCUT2D eigenvalue weighted by molar-refractivity contribution is 9.10. The Kier molecular flexibility index (Phi) is 5.24. The SMILES string of the molecule is Cc1cc(C(=O)/C(C#N)=C/c2ccc(Br)cc2)c(C)n1C1CCCC1. The van der Waals surface area contributed by atoms with Crippen molar-refractivity contribution in [3.63, 3.8) is 0 Å². The van der Waals surface area contributed by atoms with Crippen LogP contribution >= 0.6 is 15.9 Å². The van der Waals surface area contributed by atoms with Gasteiger partial charge in [0, 0.05) is 27.5 Å². The van der Waals surface area contributed by atoms with Gasteiger partial charge in [0.2, 0.25) is 5.78 Å². The molecule has 1 aliphatic carbocycles. The van der Waals surface area contributed by atoms with Gasteiger partial charge in [-0.3, -0.25) is 4.79 Å². The quantitative estimate of drug-likeness (QED) is 0.373. The zero-order valence-electron chi connectivity index (χ0n) is 14.6. The van der Waals surface area contributed by atoms with Gasteiger partial charge in [0.05, 0.1) is 0 Å². The smallest absolute Gasteiger partial charge is 0.205 e. The van der Waals surface area contributed by atoms with Crippen LogP contribution in [0.4, 0.5) is 0 Å². The number of carbonyl (C=O) groups excluding carboxylic acids is 1. The van der Waals surface area contributed by atoms with Crippen molar-refractivity contribution >= 4 is 27.8 Å². The highest BCUT2D eigenvalue weighted by atomic mass is 79.9. The molecule has 1 heterocycles. The van der Waals surface area contributed by atoms with Gasteiger partial charge in [-0.1, -0.05) is 40.9 Å². The summed E-state index contributed by atoms with van der Waals surface area (Å²) >= 11 is 3.39. The van der Waals surface area contributed by atoms with Crippen molar-refractivity contribution < 1.29 is 4.79 Å². The van der Waals surface area contributed by atoms with E-state index in [1.165, 1.54) is 25.7 Å². The molecule has 3 nitrogen and oxygen atoms in total. The molecule has 0 amide bonds. The lowest BCUT2D eigenvalue weighted by molar-refractivity contribution is 0.103. The second-order valence-electron chi connectivity index (χ2n) is 6.64. The van der Waals surface area contributed by atoms with Crippen LogP contribution in [0.5, 0.6) is 0 Å². The molecular formula is C21H21BrN2O. The van der Waals surface area contributed by atoms with Gasteiger partial charge in [0.15, 0.2) is 0 Å². The maximum Gasteiger partial charge on any atom is 0.205 e. The van der Waals surface area contributed by atoms with E-state index in [1.54, 1.807) is 6.08 Å². The Morgan fingerprint density at radius 1 is 1.24 bits per heavy atom. The van der Waals surface area contributed by atoms with Crippen LogP contribution in [-0.4, -0.2) is 10.4 Å². The number of Topliss-reactive ketones (excluding diaryl/α,β-unsaturated/α-hetero) is 1. The second-order valence-corrected chi connectivity index (χ2v) is 7.56. The third-order valence-electron chi connectivity index (χ3n) is 4.96. The summed E-state index contributed by atoms with van der Waals surface area (Å²) in [5, 5.41) is 9.50. The van der Waals surface area contributed by atoms with Gasteiger partial charge < -0.3 is 4.57 Å². The number of nitriles is 1. The minimum atomic E-state index is -0.192. The molecule has 0 atom stereocenters. The number of ketones is 1. The Hall–Kier alpha value is -2.12. The molecule has 0 aliphatic heterocycles. The van der Waals surface area contributed by atoms with Crippen molar-refractivity contribution in [2.24, 2.45) is 0 Å². The predicted octanol–water partition coefficient (Wildman–Crippen LogP) is 5.77. The zero-order chi connectivity index (χ0) is 18.0. The Morgan fingerprint density at radius 3 is 2.48 bits per heavy atom. The van der Waals surface area contributed by atoms with E-state index in [0.29, 0.717) is 11.6 Å². The van der Waals surface area contributed by atoms with Crippen LogP contribution in [0, 0.1) is 25.2 Å². The normalized spacial score (nSPS) is 15.4. The molecule has 0 saturated heterocycles. The van der Waals surface area contributed by atoms with Gasteiger partial charge in [0.1, 0.15) is 11.6 Å². The highest BCUT2D eigenvalue weighted by Gasteiger charge is 2.24. The number of rotatable bonds is 4. The second kappa shape index (κ2) is 7.41. The first-order valence-corrected chi connectivity index (χ1v) is 9.41. The summed E-state index contributed by atoms with van der Waals surface area (Å²) in [6, 6.07) is 12.1. The van der Waals surface area contributed by atoms with E-state index in [9.17, 15) is 10.1 Å². The van der Waals surface area contributed by atoms with Crippen LogP contribution in [-0.2, 0) is 0 Å². The number of halogens is 1. The fourth-order valence-corrected chi connectivity index (χ4v) is 4.02. The Morgan fingerprint density at radius 2 is 1.88 bits per heavy atom. The summed E-state index contributed by atoms with van der Waals surface area (Å²) in [7, 11) is 0. The average Bonchev–Trinajstić information content (AvgIpc) is 3.21. The molecule has 1 aromatic heterocycles. The molecule has 3 rings (SSSR count). The lowest BCUT2D eigenvalue weighted by Gasteiger charge is -2.17. The van der Waals surface area contributed by atoms with Gasteiger partial charge in [0.25, 0.3) is 0 Å². The van der Waals surface area contributed by atoms with Crippen LogP contribution < -0.4 is 0 Å². The summed E-state index contributed by atoms with van der Waals surface area (Å²) in [6.45, 7) is 4.04. The molecule has 0 N–H and O–H groups in total. The van der Waals surface area contributed by atoms with E-state index in [2.05, 4.69) is 26.6 Å². The highest BCUT2D eigenvalue weighted by Crippen LogP contribution is 2.34. The number of hydrogen-bond acceptors (Lipinski definition) is 2. The third-order valence-corrected chi connectivity index (χ3v) is 5.49. The number of aromatic nitrogens is 1. The largest absolute Gasteiger partial charge is 0.345 e. The van der Waals surface area contributed by atoms with Crippen LogP contribution in [0.15, 0.2) is 40.4 Å². The van der Waals surface area contributed by atoms with Crippen molar-refractivity contribution in [1.82, 2.24) is 4.57 Å². The van der Waals surface area contributed by atoms with E-state index >= 15 is 0 Å². The first kappa shape index (κ1) is 17.7. The first-order chi connectivity index (χ1) is 12.0. The van der Waals surface area contributed by atoms with E-state index in [1.807, 2.05) is 44.2 Å². The van der Waals surface area contributed by atoms with Crippen molar-refractivity contribution in [3.8, 4) is 6.07 Å². The number of carbonyl (C=O) groups is 1. The molecule has 1 fully saturated rings. The molecule has 0 radical (unpaired) electrons. The number of benzene rings is 1. The van der Waals surface area contributed by atoms with E-state index in [-0.39, 0.29) is 11.4 Å². The maximum absolute atomic E-state index is 12.9. The zero-order valence-corrected chi connectivity index (χ0v) is 16.1. The summed E-state index contributed by atoms with van der Waals surface area (Å²) in [5.74, 6) is -0.192. The molecule has 1 aromatic carbocycles. The number of hydrogen-bond donors (Lipinski definition) is 0. The number of aryl methyl sites for hydroxylation is 1. The van der Waals surface area contributed by atoms with Gasteiger partial charge >= 0.3 is 0 Å². The summed E-state index contributed by atoms with van der Waals surface area (Å²) in [4.78, 5) is 12.9. The van der Waals surface area contributed by atoms with E-state index in [0.717, 1.165) is 21.4 Å². The lowest BCUT2D eigenvalue weighted by Crippen LogP contribution is -2.10. The Bertz CT molecular complexity index is 863. The number of nitrogens with zero attached hydrogens (tertiary/aromatic N) is 2. The molecule has 0 unspecified atom stereocenters. The van der Waals surface area contributed by atoms with Crippen LogP contribution in [0.25, 0.3) is 6.08 Å². The standard InChI is InChI=1S/C21H21BrN2O/c1-14-11-20(15(2)24(14)19-5-3-4-6-19)21(25)17(13-23)12-16-7-9-18(22)10-8-16/h7-12,19H,3-6H2,1-2H3/b17-12+. The van der Waals surface area contributed by atoms with E-state index in [4.69, 9.17) is 0 Å². The van der Waals surface area contributed by atoms with Gasteiger partial charge in [-0.15, -0.1) is 0 Å². The van der Waals surface area contributed by atoms with Crippen molar-refractivity contribution in [2.75, 3.05) is 0 Å². The summed E-state index contributed by atoms with van der Waals surface area (Å²) in [6.07, 6.45) is 6.50. The monoisotopic (exact) mass is 396 g/mol. The van der Waals surface area contributed by atoms with Crippen LogP contribution in [0.3, 0.4) is 0 Å². The average molecular weight is 397 g/mol. The lowest BCUT2D eigenvalue weighted by atomic mass is 10.0. The topological polar surface area (TPSA) is 45.8 Å². The molecule has 25 heavy (non-hydrogen) atoms. The van der Waals surface area contributed by atoms with Crippen molar-refractivity contribution in [1.29, 1.82) is 5.26 Å². The van der Waals surface area contributed by atoms with E-state index < -0.39 is 0 Å². The molecule has 0 spiro atoms. The number of allylic oxidation sites excluding steroid dienone is 1. The molecule has 128 valence electrons. The minimum absolute atomic E-state index is 0.175. The first-order valence-electron chi connectivity index (χ1n) is 8.61. The fraction of sp³-hybridized carbons (Fsp3) is 0.333. The van der Waals surface area contributed by atoms with Crippen molar-refractivity contribution in [3.05, 3.63) is 62.9 Å². The molecule has 1 aliphatic rings. The molecule has 0 bridgehead atoms. The van der Waals surface area contributed by atoms with Gasteiger partial charge in [-0.2, -0.15) is 5.26 Å². The van der Waals surface area contributed by atoms with Gasteiger partial charge in [-0.25, -0.2) is 0 Å². The molecule has 1 saturated carbocycles. The fourth-order valence-electron chi connectivity index (χ4n) is 3.75. The Balaban J connectivity index is 1.95. The summed E-state index contributed by atoms with van der Waals surface area (Å²) in [5.41, 5.74) is 3.75. The van der Waals surface area contributed by atoms with Crippen LogP contribution in [0.2, 0.25) is 0 Å². The van der Waals surface area contributed by atoms with Gasteiger partial charge in [-0.05, 0) is 56.5 Å².